The van der Waals surface area contributed by atoms with Crippen molar-refractivity contribution in [1.82, 2.24) is 5.32 Å². The molecule has 1 aromatic rings. The van der Waals surface area contributed by atoms with Crippen LogP contribution in [0.4, 0.5) is 5.69 Å². The molecule has 2 rings (SSSR count). The Morgan fingerprint density at radius 3 is 2.75 bits per heavy atom. The minimum Gasteiger partial charge on any atom is -0.504 e. The Bertz CT molecular complexity index is 625. The molecule has 1 aromatic carbocycles. The summed E-state index contributed by atoms with van der Waals surface area (Å²) in [6, 6.07) is 2.99. The number of hydrogen-bond acceptors (Lipinski definition) is 6. The third kappa shape index (κ3) is 2.44. The zero-order chi connectivity index (χ0) is 14.9. The topological polar surface area (TPSA) is 93.8 Å². The molecule has 1 heterocycles. The number of nitrogens with one attached hydrogen (secondary N) is 1. The van der Waals surface area contributed by atoms with Crippen LogP contribution in [0.3, 0.4) is 0 Å². The highest BCUT2D eigenvalue weighted by atomic mass is 16.6. The van der Waals surface area contributed by atoms with E-state index in [1.807, 2.05) is 0 Å². The number of carbonyl (C=O) groups excluding carboxylic acids is 1. The molecule has 0 saturated carbocycles. The van der Waals surface area contributed by atoms with Crippen LogP contribution < -0.4 is 15.8 Å². The number of cyclic esters (lactones) is 1. The Morgan fingerprint density at radius 1 is 1.45 bits per heavy atom. The number of nitrogens with two attached hydrogens (primary N) is 1. The first-order chi connectivity index (χ1) is 9.42. The third-order valence-electron chi connectivity index (χ3n) is 2.70. The summed E-state index contributed by atoms with van der Waals surface area (Å²) in [6.07, 6.45) is 1.42. The van der Waals surface area contributed by atoms with E-state index in [0.29, 0.717) is 16.9 Å². The molecule has 0 radical (unpaired) electrons. The smallest absolute Gasteiger partial charge is 0.346 e. The zero-order valence-corrected chi connectivity index (χ0v) is 10.9. The standard InChI is InChI=1S/C14H14N2O4/c1-7-11(14(18)20-8(2)16-7)5-9-4-10(15)6-12(19-3)13(9)17/h4-6,16-17H,1-2,15H2,3H3/b11-5+. The van der Waals surface area contributed by atoms with Crippen molar-refractivity contribution in [2.45, 2.75) is 0 Å². The number of aromatic hydroxyl groups is 1. The van der Waals surface area contributed by atoms with Gasteiger partial charge in [0.25, 0.3) is 0 Å². The van der Waals surface area contributed by atoms with E-state index in [1.165, 1.54) is 25.3 Å². The van der Waals surface area contributed by atoms with Crippen molar-refractivity contribution in [2.75, 3.05) is 12.8 Å². The number of hydrogen-bond donors (Lipinski definition) is 3. The van der Waals surface area contributed by atoms with Gasteiger partial charge in [-0.1, -0.05) is 6.58 Å². The van der Waals surface area contributed by atoms with Gasteiger partial charge in [0.2, 0.25) is 0 Å². The van der Waals surface area contributed by atoms with E-state index in [4.69, 9.17) is 15.2 Å². The lowest BCUT2D eigenvalue weighted by atomic mass is 10.1. The van der Waals surface area contributed by atoms with Crippen LogP contribution in [0, 0.1) is 0 Å². The number of phenolic OH excluding ortho intramolecular Hbond substituents is 1. The lowest BCUT2D eigenvalue weighted by molar-refractivity contribution is -0.136. The van der Waals surface area contributed by atoms with E-state index in [0.717, 1.165) is 0 Å². The monoisotopic (exact) mass is 274 g/mol. The molecule has 0 amide bonds. The van der Waals surface area contributed by atoms with E-state index in [9.17, 15) is 9.90 Å². The fourth-order valence-corrected chi connectivity index (χ4v) is 1.77. The first kappa shape index (κ1) is 13.5. The first-order valence-corrected chi connectivity index (χ1v) is 5.68. The molecule has 0 aliphatic carbocycles. The van der Waals surface area contributed by atoms with E-state index in [1.54, 1.807) is 0 Å². The molecule has 1 aliphatic heterocycles. The second-order valence-electron chi connectivity index (χ2n) is 4.14. The summed E-state index contributed by atoms with van der Waals surface area (Å²) in [5.41, 5.74) is 6.92. The minimum absolute atomic E-state index is 0.103. The van der Waals surface area contributed by atoms with Crippen molar-refractivity contribution >= 4 is 17.7 Å². The molecule has 0 aromatic heterocycles. The maximum absolute atomic E-state index is 11.8. The molecule has 0 unspecified atom stereocenters. The predicted octanol–water partition coefficient (Wildman–Crippen LogP) is 1.50. The predicted molar refractivity (Wildman–Crippen MR) is 74.6 cm³/mol. The molecule has 20 heavy (non-hydrogen) atoms. The Morgan fingerprint density at radius 2 is 2.15 bits per heavy atom. The van der Waals surface area contributed by atoms with Gasteiger partial charge >= 0.3 is 5.97 Å². The Hall–Kier alpha value is -2.89. The molecule has 1 fully saturated rings. The quantitative estimate of drug-likeness (QED) is 0.327. The number of benzene rings is 1. The molecule has 0 bridgehead atoms. The van der Waals surface area contributed by atoms with Crippen LogP contribution in [0.2, 0.25) is 0 Å². The van der Waals surface area contributed by atoms with Crippen molar-refractivity contribution in [2.24, 2.45) is 0 Å². The van der Waals surface area contributed by atoms with Crippen LogP contribution >= 0.6 is 0 Å². The maximum atomic E-state index is 11.8. The summed E-state index contributed by atoms with van der Waals surface area (Å²) in [7, 11) is 1.41. The van der Waals surface area contributed by atoms with Crippen LogP contribution in [0.25, 0.3) is 6.08 Å². The Labute approximate surface area is 115 Å². The van der Waals surface area contributed by atoms with E-state index in [2.05, 4.69) is 18.5 Å². The highest BCUT2D eigenvalue weighted by Gasteiger charge is 2.23. The molecule has 1 aliphatic rings. The van der Waals surface area contributed by atoms with Crippen LogP contribution in [0.15, 0.2) is 42.4 Å². The van der Waals surface area contributed by atoms with Crippen LogP contribution in [0.1, 0.15) is 5.56 Å². The van der Waals surface area contributed by atoms with Crippen LogP contribution in [0.5, 0.6) is 11.5 Å². The fourth-order valence-electron chi connectivity index (χ4n) is 1.77. The second kappa shape index (κ2) is 5.00. The number of rotatable bonds is 2. The zero-order valence-electron chi connectivity index (χ0n) is 10.9. The first-order valence-electron chi connectivity index (χ1n) is 5.68. The highest BCUT2D eigenvalue weighted by molar-refractivity contribution is 6.00. The molecule has 4 N–H and O–H groups in total. The van der Waals surface area contributed by atoms with Crippen LogP contribution in [-0.2, 0) is 9.53 Å². The fraction of sp³-hybridized carbons (Fsp3) is 0.0714. The molecule has 6 nitrogen and oxygen atoms in total. The van der Waals surface area contributed by atoms with Crippen molar-refractivity contribution in [3.63, 3.8) is 0 Å². The van der Waals surface area contributed by atoms with Gasteiger partial charge < -0.3 is 25.6 Å². The lowest BCUT2D eigenvalue weighted by Crippen LogP contribution is -2.27. The van der Waals surface area contributed by atoms with Gasteiger partial charge in [0.05, 0.1) is 12.7 Å². The third-order valence-corrected chi connectivity index (χ3v) is 2.70. The average Bonchev–Trinajstić information content (AvgIpc) is 2.37. The molecule has 6 heteroatoms. The van der Waals surface area contributed by atoms with Crippen LogP contribution in [-0.4, -0.2) is 18.2 Å². The normalized spacial score (nSPS) is 16.9. The summed E-state index contributed by atoms with van der Waals surface area (Å²) in [5, 5.41) is 12.7. The van der Waals surface area contributed by atoms with Gasteiger partial charge in [0.15, 0.2) is 17.4 Å². The van der Waals surface area contributed by atoms with Crippen molar-refractivity contribution in [3.8, 4) is 11.5 Å². The van der Waals surface area contributed by atoms with E-state index in [-0.39, 0.29) is 23.0 Å². The molecule has 0 spiro atoms. The summed E-state index contributed by atoms with van der Waals surface area (Å²) in [6.45, 7) is 7.19. The van der Waals surface area contributed by atoms with Gasteiger partial charge in [-0.05, 0) is 18.7 Å². The van der Waals surface area contributed by atoms with Gasteiger partial charge in [0, 0.05) is 23.0 Å². The second-order valence-corrected chi connectivity index (χ2v) is 4.14. The maximum Gasteiger partial charge on any atom is 0.346 e. The van der Waals surface area contributed by atoms with Gasteiger partial charge in [-0.3, -0.25) is 0 Å². The SMILES string of the molecule is C=C1NC(=C)/C(=C\c2cc(N)cc(OC)c2O)C(=O)O1. The van der Waals surface area contributed by atoms with Gasteiger partial charge in [-0.2, -0.15) is 0 Å². The highest BCUT2D eigenvalue weighted by Crippen LogP contribution is 2.34. The number of anilines is 1. The van der Waals surface area contributed by atoms with E-state index < -0.39 is 5.97 Å². The summed E-state index contributed by atoms with van der Waals surface area (Å²) in [4.78, 5) is 11.8. The lowest BCUT2D eigenvalue weighted by Gasteiger charge is -2.20. The van der Waals surface area contributed by atoms with E-state index >= 15 is 0 Å². The molecule has 1 saturated heterocycles. The number of ether oxygens (including phenoxy) is 2. The number of phenols is 1. The van der Waals surface area contributed by atoms with Crippen molar-refractivity contribution in [1.29, 1.82) is 0 Å². The Kier molecular flexibility index (Phi) is 3.39. The summed E-state index contributed by atoms with van der Waals surface area (Å²) >= 11 is 0. The largest absolute Gasteiger partial charge is 0.504 e. The molecule has 0 atom stereocenters. The average molecular weight is 274 g/mol. The van der Waals surface area contributed by atoms with Crippen molar-refractivity contribution in [3.05, 3.63) is 48.0 Å². The number of esters is 1. The Balaban J connectivity index is 2.50. The number of methoxy groups -OCH3 is 1. The van der Waals surface area contributed by atoms with Gasteiger partial charge in [-0.15, -0.1) is 0 Å². The molecular formula is C14H14N2O4. The van der Waals surface area contributed by atoms with Crippen molar-refractivity contribution < 1.29 is 19.4 Å². The number of nitrogen functional groups attached to an aromatic ring is 1. The van der Waals surface area contributed by atoms with Gasteiger partial charge in [-0.25, -0.2) is 4.79 Å². The molecular weight excluding hydrogens is 260 g/mol. The summed E-state index contributed by atoms with van der Waals surface area (Å²) < 4.78 is 9.85. The summed E-state index contributed by atoms with van der Waals surface area (Å²) in [5.74, 6) is -0.422. The number of carbonyl (C=O) groups is 1. The molecule has 104 valence electrons. The minimum atomic E-state index is -0.612. The van der Waals surface area contributed by atoms with Gasteiger partial charge in [0.1, 0.15) is 0 Å².